The van der Waals surface area contributed by atoms with Gasteiger partial charge in [0.1, 0.15) is 5.75 Å². The highest BCUT2D eigenvalue weighted by atomic mass is 16.5. The van der Waals surface area contributed by atoms with Crippen LogP contribution in [-0.4, -0.2) is 33.1 Å². The van der Waals surface area contributed by atoms with Crippen molar-refractivity contribution in [2.75, 3.05) is 26.9 Å². The Labute approximate surface area is 96.4 Å². The smallest absolute Gasteiger partial charge is 0.118 e. The van der Waals surface area contributed by atoms with Crippen LogP contribution < -0.4 is 4.74 Å². The lowest BCUT2D eigenvalue weighted by Gasteiger charge is -1.99. The quantitative estimate of drug-likeness (QED) is 0.400. The molecule has 3 nitrogen and oxygen atoms in total. The summed E-state index contributed by atoms with van der Waals surface area (Å²) in [6.07, 6.45) is 3.56. The van der Waals surface area contributed by atoms with E-state index >= 15 is 0 Å². The Balaban J connectivity index is 2.29. The normalized spacial score (nSPS) is 10.6. The number of ether oxygens (including phenoxy) is 2. The van der Waals surface area contributed by atoms with Gasteiger partial charge in [0.15, 0.2) is 0 Å². The first-order valence-corrected chi connectivity index (χ1v) is 5.19. The van der Waals surface area contributed by atoms with Crippen LogP contribution in [0.5, 0.6) is 5.75 Å². The summed E-state index contributed by atoms with van der Waals surface area (Å²) in [5, 5.41) is 0. The van der Waals surface area contributed by atoms with Crippen LogP contribution in [0.4, 0.5) is 0 Å². The average Bonchev–Trinajstić information content (AvgIpc) is 2.34. The Morgan fingerprint density at radius 1 is 1.31 bits per heavy atom. The molecular formula is C13H17NO2. The molecule has 0 aliphatic heterocycles. The largest absolute Gasteiger partial charge is 0.497 e. The molecule has 0 bridgehead atoms. The second kappa shape index (κ2) is 7.65. The second-order valence-corrected chi connectivity index (χ2v) is 3.17. The van der Waals surface area contributed by atoms with Crippen molar-refractivity contribution in [3.8, 4) is 5.75 Å². The molecule has 16 heavy (non-hydrogen) atoms. The van der Waals surface area contributed by atoms with E-state index in [0.717, 1.165) is 11.3 Å². The van der Waals surface area contributed by atoms with E-state index in [1.54, 1.807) is 13.2 Å². The molecule has 1 aromatic rings. The number of hydrogen-bond acceptors (Lipinski definition) is 3. The number of benzene rings is 1. The van der Waals surface area contributed by atoms with Gasteiger partial charge in [-0.1, -0.05) is 6.08 Å². The number of rotatable bonds is 7. The van der Waals surface area contributed by atoms with Crippen LogP contribution in [-0.2, 0) is 4.74 Å². The molecular weight excluding hydrogens is 202 g/mol. The van der Waals surface area contributed by atoms with Gasteiger partial charge < -0.3 is 9.47 Å². The first-order chi connectivity index (χ1) is 7.86. The van der Waals surface area contributed by atoms with Crippen LogP contribution in [0.25, 0.3) is 0 Å². The van der Waals surface area contributed by atoms with Crippen molar-refractivity contribution in [3.63, 3.8) is 0 Å². The van der Waals surface area contributed by atoms with E-state index < -0.39 is 0 Å². The van der Waals surface area contributed by atoms with Crippen molar-refractivity contribution in [2.45, 2.75) is 0 Å². The summed E-state index contributed by atoms with van der Waals surface area (Å²) in [6.45, 7) is 5.44. The fourth-order valence-electron chi connectivity index (χ4n) is 1.14. The van der Waals surface area contributed by atoms with Gasteiger partial charge in [0, 0.05) is 6.21 Å². The molecule has 3 heteroatoms. The lowest BCUT2D eigenvalue weighted by Crippen LogP contribution is -1.98. The van der Waals surface area contributed by atoms with Crippen molar-refractivity contribution in [2.24, 2.45) is 4.99 Å². The highest BCUT2D eigenvalue weighted by Crippen LogP contribution is 2.09. The van der Waals surface area contributed by atoms with Gasteiger partial charge in [-0.25, -0.2) is 0 Å². The van der Waals surface area contributed by atoms with Crippen molar-refractivity contribution in [3.05, 3.63) is 42.5 Å². The third-order valence-electron chi connectivity index (χ3n) is 1.96. The molecule has 0 saturated heterocycles. The van der Waals surface area contributed by atoms with Crippen LogP contribution >= 0.6 is 0 Å². The Hall–Kier alpha value is -1.61. The molecule has 0 unspecified atom stereocenters. The van der Waals surface area contributed by atoms with Crippen LogP contribution in [0.2, 0.25) is 0 Å². The highest BCUT2D eigenvalue weighted by molar-refractivity contribution is 5.79. The molecule has 0 aliphatic carbocycles. The van der Waals surface area contributed by atoms with Gasteiger partial charge in [0.2, 0.25) is 0 Å². The molecule has 0 aliphatic rings. The molecule has 86 valence electrons. The number of aliphatic imine (C=N–C) groups is 1. The minimum absolute atomic E-state index is 0.581. The Kier molecular flexibility index (Phi) is 5.96. The molecule has 0 spiro atoms. The maximum absolute atomic E-state index is 5.21. The Morgan fingerprint density at radius 2 is 2.06 bits per heavy atom. The van der Waals surface area contributed by atoms with E-state index in [-0.39, 0.29) is 0 Å². The van der Waals surface area contributed by atoms with Crippen LogP contribution in [0.15, 0.2) is 41.9 Å². The maximum Gasteiger partial charge on any atom is 0.118 e. The minimum Gasteiger partial charge on any atom is -0.497 e. The topological polar surface area (TPSA) is 30.8 Å². The Morgan fingerprint density at radius 3 is 2.69 bits per heavy atom. The van der Waals surface area contributed by atoms with Gasteiger partial charge in [-0.3, -0.25) is 4.99 Å². The van der Waals surface area contributed by atoms with E-state index in [1.807, 2.05) is 30.5 Å². The predicted octanol–water partition coefficient (Wildman–Crippen LogP) is 2.32. The zero-order chi connectivity index (χ0) is 11.6. The van der Waals surface area contributed by atoms with Crippen molar-refractivity contribution in [1.29, 1.82) is 0 Å². The van der Waals surface area contributed by atoms with Gasteiger partial charge in [-0.2, -0.15) is 0 Å². The standard InChI is InChI=1S/C13H17NO2/c1-3-9-16-10-8-14-11-12-4-6-13(15-2)7-5-12/h3-7,11H,1,8-10H2,2H3. The molecule has 0 aromatic heterocycles. The number of hydrogen-bond donors (Lipinski definition) is 0. The molecule has 1 rings (SSSR count). The summed E-state index contributed by atoms with van der Waals surface area (Å²) in [5.74, 6) is 0.853. The monoisotopic (exact) mass is 219 g/mol. The first kappa shape index (κ1) is 12.5. The zero-order valence-corrected chi connectivity index (χ0v) is 9.56. The van der Waals surface area contributed by atoms with Crippen LogP contribution in [0, 0.1) is 0 Å². The fourth-order valence-corrected chi connectivity index (χ4v) is 1.14. The summed E-state index contributed by atoms with van der Waals surface area (Å²) >= 11 is 0. The summed E-state index contributed by atoms with van der Waals surface area (Å²) in [6, 6.07) is 7.75. The molecule has 0 N–H and O–H groups in total. The highest BCUT2D eigenvalue weighted by Gasteiger charge is 1.90. The fraction of sp³-hybridized carbons (Fsp3) is 0.308. The zero-order valence-electron chi connectivity index (χ0n) is 9.56. The average molecular weight is 219 g/mol. The van der Waals surface area contributed by atoms with Gasteiger partial charge in [-0.15, -0.1) is 6.58 Å². The molecule has 0 amide bonds. The van der Waals surface area contributed by atoms with E-state index in [2.05, 4.69) is 11.6 Å². The van der Waals surface area contributed by atoms with Crippen molar-refractivity contribution < 1.29 is 9.47 Å². The van der Waals surface area contributed by atoms with E-state index in [4.69, 9.17) is 9.47 Å². The van der Waals surface area contributed by atoms with Gasteiger partial charge in [0.25, 0.3) is 0 Å². The predicted molar refractivity (Wildman–Crippen MR) is 66.5 cm³/mol. The third kappa shape index (κ3) is 4.75. The first-order valence-electron chi connectivity index (χ1n) is 5.19. The summed E-state index contributed by atoms with van der Waals surface area (Å²) in [7, 11) is 1.65. The SMILES string of the molecule is C=CCOCCN=Cc1ccc(OC)cc1. The molecule has 0 heterocycles. The third-order valence-corrected chi connectivity index (χ3v) is 1.96. The molecule has 0 saturated carbocycles. The number of methoxy groups -OCH3 is 1. The van der Waals surface area contributed by atoms with E-state index in [0.29, 0.717) is 19.8 Å². The minimum atomic E-state index is 0.581. The Bertz CT molecular complexity index is 330. The van der Waals surface area contributed by atoms with Crippen molar-refractivity contribution >= 4 is 6.21 Å². The molecule has 0 atom stereocenters. The van der Waals surface area contributed by atoms with E-state index in [1.165, 1.54) is 0 Å². The van der Waals surface area contributed by atoms with Gasteiger partial charge >= 0.3 is 0 Å². The summed E-state index contributed by atoms with van der Waals surface area (Å²) in [4.78, 5) is 4.24. The molecule has 0 radical (unpaired) electrons. The summed E-state index contributed by atoms with van der Waals surface area (Å²) in [5.41, 5.74) is 1.06. The van der Waals surface area contributed by atoms with Gasteiger partial charge in [0.05, 0.1) is 26.9 Å². The van der Waals surface area contributed by atoms with Gasteiger partial charge in [-0.05, 0) is 29.8 Å². The number of nitrogens with zero attached hydrogens (tertiary/aromatic N) is 1. The van der Waals surface area contributed by atoms with Crippen LogP contribution in [0.3, 0.4) is 0 Å². The maximum atomic E-state index is 5.21. The lowest BCUT2D eigenvalue weighted by molar-refractivity contribution is 0.171. The van der Waals surface area contributed by atoms with Crippen LogP contribution in [0.1, 0.15) is 5.56 Å². The molecule has 0 fully saturated rings. The molecule has 1 aromatic carbocycles. The summed E-state index contributed by atoms with van der Waals surface area (Å²) < 4.78 is 10.3. The second-order valence-electron chi connectivity index (χ2n) is 3.17. The van der Waals surface area contributed by atoms with Crippen molar-refractivity contribution in [1.82, 2.24) is 0 Å². The van der Waals surface area contributed by atoms with E-state index in [9.17, 15) is 0 Å². The lowest BCUT2D eigenvalue weighted by atomic mass is 10.2.